The van der Waals surface area contributed by atoms with Gasteiger partial charge >= 0.3 is 0 Å². The number of hydrogen-bond donors (Lipinski definition) is 3. The molecular formula is C22H32Br2O5. The van der Waals surface area contributed by atoms with Gasteiger partial charge in [0.1, 0.15) is 28.4 Å². The third-order valence-electron chi connectivity index (χ3n) is 4.89. The number of hydrogen-bond acceptors (Lipinski definition) is 5. The van der Waals surface area contributed by atoms with Gasteiger partial charge in [-0.3, -0.25) is 9.59 Å². The van der Waals surface area contributed by atoms with Gasteiger partial charge in [0.25, 0.3) is 0 Å². The molecule has 0 fully saturated rings. The molecule has 0 spiro atoms. The van der Waals surface area contributed by atoms with Crippen LogP contribution < -0.4 is 0 Å². The molecule has 0 bridgehead atoms. The van der Waals surface area contributed by atoms with Crippen LogP contribution >= 0.6 is 31.9 Å². The number of aromatic hydroxyl groups is 3. The maximum atomic E-state index is 12.5. The zero-order valence-corrected chi connectivity index (χ0v) is 20.1. The van der Waals surface area contributed by atoms with Crippen molar-refractivity contribution < 1.29 is 24.9 Å². The van der Waals surface area contributed by atoms with Crippen molar-refractivity contribution in [3.63, 3.8) is 0 Å². The lowest BCUT2D eigenvalue weighted by atomic mass is 9.95. The summed E-state index contributed by atoms with van der Waals surface area (Å²) in [5.74, 6) is -2.41. The predicted molar refractivity (Wildman–Crippen MR) is 123 cm³/mol. The fourth-order valence-electron chi connectivity index (χ4n) is 3.26. The number of benzene rings is 1. The molecule has 0 aliphatic rings. The molecule has 0 atom stereocenters. The van der Waals surface area contributed by atoms with Crippen molar-refractivity contribution in [3.05, 3.63) is 17.2 Å². The molecule has 0 amide bonds. The number of carbonyl (C=O) groups is 2. The van der Waals surface area contributed by atoms with E-state index in [0.29, 0.717) is 12.8 Å². The van der Waals surface area contributed by atoms with Gasteiger partial charge in [0.2, 0.25) is 0 Å². The average molecular weight is 536 g/mol. The Bertz CT molecular complexity index is 609. The highest BCUT2D eigenvalue weighted by molar-refractivity contribution is 9.09. The molecule has 7 heteroatoms. The van der Waals surface area contributed by atoms with Gasteiger partial charge in [-0.1, -0.05) is 70.4 Å². The van der Waals surface area contributed by atoms with E-state index in [4.69, 9.17) is 0 Å². The van der Waals surface area contributed by atoms with E-state index in [1.165, 1.54) is 0 Å². The molecule has 164 valence electrons. The summed E-state index contributed by atoms with van der Waals surface area (Å²) in [5, 5.41) is 32.5. The Morgan fingerprint density at radius 1 is 0.621 bits per heavy atom. The molecule has 1 rings (SSSR count). The van der Waals surface area contributed by atoms with E-state index in [2.05, 4.69) is 31.9 Å². The minimum Gasteiger partial charge on any atom is -0.507 e. The Labute approximate surface area is 190 Å². The zero-order valence-electron chi connectivity index (χ0n) is 16.9. The first kappa shape index (κ1) is 26.0. The number of alkyl halides is 2. The number of carbonyl (C=O) groups excluding carboxylic acids is 2. The number of Topliss-reactive ketones (excluding diaryl/α,β-unsaturated/α-hetero) is 2. The highest BCUT2D eigenvalue weighted by Gasteiger charge is 2.25. The van der Waals surface area contributed by atoms with E-state index in [-0.39, 0.29) is 24.0 Å². The molecule has 0 saturated heterocycles. The van der Waals surface area contributed by atoms with E-state index >= 15 is 0 Å². The maximum absolute atomic E-state index is 12.5. The van der Waals surface area contributed by atoms with E-state index in [0.717, 1.165) is 68.1 Å². The van der Waals surface area contributed by atoms with Gasteiger partial charge in [-0.25, -0.2) is 0 Å². The molecule has 29 heavy (non-hydrogen) atoms. The maximum Gasteiger partial charge on any atom is 0.170 e. The summed E-state index contributed by atoms with van der Waals surface area (Å²) in [7, 11) is 0. The summed E-state index contributed by atoms with van der Waals surface area (Å²) >= 11 is 6.77. The van der Waals surface area contributed by atoms with Gasteiger partial charge in [0.05, 0.1) is 0 Å². The fourth-order valence-corrected chi connectivity index (χ4v) is 4.06. The molecule has 3 N–H and O–H groups in total. The number of halogens is 2. The minimum absolute atomic E-state index is 0.182. The first-order valence-corrected chi connectivity index (χ1v) is 12.6. The first-order valence-electron chi connectivity index (χ1n) is 10.4. The van der Waals surface area contributed by atoms with Crippen molar-refractivity contribution in [1.82, 2.24) is 0 Å². The summed E-state index contributed by atoms with van der Waals surface area (Å²) in [5.41, 5.74) is -0.521. The Hall–Kier alpha value is -1.08. The number of unbranched alkanes of at least 4 members (excludes halogenated alkanes) is 8. The molecule has 1 aromatic rings. The topological polar surface area (TPSA) is 94.8 Å². The van der Waals surface area contributed by atoms with Crippen molar-refractivity contribution in [1.29, 1.82) is 0 Å². The summed E-state index contributed by atoms with van der Waals surface area (Å²) < 4.78 is 0. The van der Waals surface area contributed by atoms with Crippen LogP contribution in [-0.4, -0.2) is 37.5 Å². The van der Waals surface area contributed by atoms with Crippen LogP contribution in [0.5, 0.6) is 17.2 Å². The lowest BCUT2D eigenvalue weighted by Gasteiger charge is -2.12. The van der Waals surface area contributed by atoms with Crippen molar-refractivity contribution in [2.45, 2.75) is 77.0 Å². The smallest absolute Gasteiger partial charge is 0.170 e. The normalized spacial score (nSPS) is 11.0. The monoisotopic (exact) mass is 534 g/mol. The van der Waals surface area contributed by atoms with Gasteiger partial charge < -0.3 is 15.3 Å². The second-order valence-electron chi connectivity index (χ2n) is 7.27. The molecule has 0 heterocycles. The highest BCUT2D eigenvalue weighted by atomic mass is 79.9. The van der Waals surface area contributed by atoms with Gasteiger partial charge in [-0.15, -0.1) is 0 Å². The average Bonchev–Trinajstić information content (AvgIpc) is 2.66. The molecule has 0 aliphatic carbocycles. The van der Waals surface area contributed by atoms with Gasteiger partial charge in [-0.05, 0) is 25.7 Å². The highest BCUT2D eigenvalue weighted by Crippen LogP contribution is 2.39. The van der Waals surface area contributed by atoms with Gasteiger partial charge in [-0.2, -0.15) is 0 Å². The van der Waals surface area contributed by atoms with Gasteiger partial charge in [0.15, 0.2) is 11.6 Å². The van der Waals surface area contributed by atoms with Crippen molar-refractivity contribution in [2.75, 3.05) is 10.7 Å². The Kier molecular flexibility index (Phi) is 13.3. The lowest BCUT2D eigenvalue weighted by Crippen LogP contribution is -2.06. The van der Waals surface area contributed by atoms with Crippen LogP contribution in [-0.2, 0) is 0 Å². The summed E-state index contributed by atoms with van der Waals surface area (Å²) in [6.07, 6.45) is 9.84. The predicted octanol–water partition coefficient (Wildman–Crippen LogP) is 6.64. The summed E-state index contributed by atoms with van der Waals surface area (Å²) in [6, 6.07) is 0.978. The lowest BCUT2D eigenvalue weighted by molar-refractivity contribution is 0.0971. The third-order valence-corrected chi connectivity index (χ3v) is 6.01. The van der Waals surface area contributed by atoms with E-state index < -0.39 is 28.8 Å². The van der Waals surface area contributed by atoms with Crippen molar-refractivity contribution in [2.24, 2.45) is 0 Å². The Balaban J connectivity index is 2.71. The van der Waals surface area contributed by atoms with Crippen LogP contribution in [0.4, 0.5) is 0 Å². The Morgan fingerprint density at radius 3 is 1.34 bits per heavy atom. The zero-order chi connectivity index (χ0) is 21.6. The van der Waals surface area contributed by atoms with Crippen molar-refractivity contribution in [3.8, 4) is 17.2 Å². The van der Waals surface area contributed by atoms with Crippen molar-refractivity contribution >= 4 is 43.4 Å². The SMILES string of the molecule is O=C(CCCCCCCBr)c1c(O)cc(O)c(C(=O)CCCCCCCBr)c1O. The molecule has 0 unspecified atom stereocenters. The largest absolute Gasteiger partial charge is 0.507 e. The summed E-state index contributed by atoms with van der Waals surface area (Å²) in [4.78, 5) is 25.0. The number of rotatable bonds is 16. The number of phenols is 3. The number of phenolic OH excluding ortho intramolecular Hbond substituents is 3. The molecule has 5 nitrogen and oxygen atoms in total. The molecular weight excluding hydrogens is 504 g/mol. The van der Waals surface area contributed by atoms with Crippen LogP contribution in [0.15, 0.2) is 6.07 Å². The van der Waals surface area contributed by atoms with Crippen LogP contribution in [0, 0.1) is 0 Å². The number of ketones is 2. The first-order chi connectivity index (χ1) is 13.9. The van der Waals surface area contributed by atoms with Crippen LogP contribution in [0.2, 0.25) is 0 Å². The molecule has 0 aromatic heterocycles. The minimum atomic E-state index is -0.601. The Morgan fingerprint density at radius 2 is 0.966 bits per heavy atom. The molecule has 0 saturated carbocycles. The second kappa shape index (κ2) is 14.8. The third kappa shape index (κ3) is 9.08. The van der Waals surface area contributed by atoms with Gasteiger partial charge in [0, 0.05) is 29.6 Å². The van der Waals surface area contributed by atoms with E-state index in [1.54, 1.807) is 0 Å². The molecule has 1 aromatic carbocycles. The van der Waals surface area contributed by atoms with Crippen LogP contribution in [0.1, 0.15) is 97.8 Å². The molecule has 0 radical (unpaired) electrons. The van der Waals surface area contributed by atoms with Crippen LogP contribution in [0.25, 0.3) is 0 Å². The summed E-state index contributed by atoms with van der Waals surface area (Å²) in [6.45, 7) is 0. The molecule has 0 aliphatic heterocycles. The quantitative estimate of drug-likeness (QED) is 0.125. The fraction of sp³-hybridized carbons (Fsp3) is 0.636. The van der Waals surface area contributed by atoms with E-state index in [9.17, 15) is 24.9 Å². The van der Waals surface area contributed by atoms with E-state index in [1.807, 2.05) is 0 Å². The second-order valence-corrected chi connectivity index (χ2v) is 8.86. The van der Waals surface area contributed by atoms with Crippen LogP contribution in [0.3, 0.4) is 0 Å². The standard InChI is InChI=1S/C22H32Br2O5/c23-13-9-5-1-3-7-11-16(25)20-18(27)15-19(28)21(22(20)29)17(26)12-8-4-2-6-10-14-24/h15,27-29H,1-14H2.